The van der Waals surface area contributed by atoms with Gasteiger partial charge in [0, 0.05) is 33.4 Å². The summed E-state index contributed by atoms with van der Waals surface area (Å²) >= 11 is 12.1. The number of rotatable bonds is 4. The SMILES string of the molecule is COc1ccc(NC(=O)c2cn(-c3ccc(Cl)cc3)c(=O)c3ccccc23)cc1Cl. The molecule has 0 radical (unpaired) electrons. The first kappa shape index (κ1) is 20.0. The van der Waals surface area contributed by atoms with Crippen LogP contribution >= 0.6 is 23.2 Å². The summed E-state index contributed by atoms with van der Waals surface area (Å²) in [5.74, 6) is 0.145. The van der Waals surface area contributed by atoms with Gasteiger partial charge in [0.25, 0.3) is 11.5 Å². The molecule has 5 nitrogen and oxygen atoms in total. The third kappa shape index (κ3) is 3.77. The van der Waals surface area contributed by atoms with Gasteiger partial charge in [0.05, 0.1) is 17.7 Å². The minimum absolute atomic E-state index is 0.225. The average Bonchev–Trinajstić information content (AvgIpc) is 2.75. The van der Waals surface area contributed by atoms with Crippen molar-refractivity contribution in [2.45, 2.75) is 0 Å². The van der Waals surface area contributed by atoms with E-state index in [9.17, 15) is 9.59 Å². The van der Waals surface area contributed by atoms with Crippen molar-refractivity contribution < 1.29 is 9.53 Å². The molecule has 0 saturated carbocycles. The van der Waals surface area contributed by atoms with Gasteiger partial charge in [0.2, 0.25) is 0 Å². The van der Waals surface area contributed by atoms with Crippen LogP contribution in [0.15, 0.2) is 77.7 Å². The van der Waals surface area contributed by atoms with Crippen LogP contribution in [-0.2, 0) is 0 Å². The van der Waals surface area contributed by atoms with Crippen LogP contribution in [0.1, 0.15) is 10.4 Å². The van der Waals surface area contributed by atoms with Crippen LogP contribution in [0.25, 0.3) is 16.5 Å². The second-order valence-corrected chi connectivity index (χ2v) is 7.39. The van der Waals surface area contributed by atoms with Crippen molar-refractivity contribution in [2.24, 2.45) is 0 Å². The van der Waals surface area contributed by atoms with E-state index in [1.54, 1.807) is 66.7 Å². The number of methoxy groups -OCH3 is 1. The van der Waals surface area contributed by atoms with Crippen LogP contribution in [0.2, 0.25) is 10.0 Å². The molecule has 4 rings (SSSR count). The molecule has 3 aromatic carbocycles. The van der Waals surface area contributed by atoms with Gasteiger partial charge in [-0.1, -0.05) is 41.4 Å². The number of benzene rings is 3. The van der Waals surface area contributed by atoms with Crippen LogP contribution in [0, 0.1) is 0 Å². The van der Waals surface area contributed by atoms with Crippen molar-refractivity contribution in [3.05, 3.63) is 98.9 Å². The zero-order valence-electron chi connectivity index (χ0n) is 15.9. The van der Waals surface area contributed by atoms with E-state index in [1.165, 1.54) is 17.9 Å². The fourth-order valence-electron chi connectivity index (χ4n) is 3.21. The summed E-state index contributed by atoms with van der Waals surface area (Å²) in [6, 6.07) is 18.8. The van der Waals surface area contributed by atoms with Gasteiger partial charge in [-0.15, -0.1) is 0 Å². The van der Waals surface area contributed by atoms with Gasteiger partial charge < -0.3 is 10.1 Å². The average molecular weight is 439 g/mol. The number of pyridine rings is 1. The Morgan fingerprint density at radius 1 is 0.967 bits per heavy atom. The van der Waals surface area contributed by atoms with Gasteiger partial charge in [-0.25, -0.2) is 0 Å². The van der Waals surface area contributed by atoms with Crippen molar-refractivity contribution in [3.63, 3.8) is 0 Å². The molecule has 0 saturated heterocycles. The Morgan fingerprint density at radius 3 is 2.33 bits per heavy atom. The molecule has 1 heterocycles. The van der Waals surface area contributed by atoms with Crippen molar-refractivity contribution in [3.8, 4) is 11.4 Å². The summed E-state index contributed by atoms with van der Waals surface area (Å²) in [5, 5.41) is 4.77. The van der Waals surface area contributed by atoms with E-state index in [2.05, 4.69) is 5.32 Å². The molecule has 0 unspecified atom stereocenters. The molecule has 1 aromatic heterocycles. The number of nitrogens with one attached hydrogen (secondary N) is 1. The van der Waals surface area contributed by atoms with Gasteiger partial charge >= 0.3 is 0 Å². The van der Waals surface area contributed by atoms with Crippen molar-refractivity contribution in [1.82, 2.24) is 4.57 Å². The highest BCUT2D eigenvalue weighted by Crippen LogP contribution is 2.28. The third-order valence-electron chi connectivity index (χ3n) is 4.68. The molecule has 0 atom stereocenters. The minimum Gasteiger partial charge on any atom is -0.495 e. The number of hydrogen-bond acceptors (Lipinski definition) is 3. The number of nitrogens with zero attached hydrogens (tertiary/aromatic N) is 1. The lowest BCUT2D eigenvalue weighted by molar-refractivity contribution is 0.102. The van der Waals surface area contributed by atoms with Gasteiger partial charge in [-0.2, -0.15) is 0 Å². The number of halogens is 2. The molecule has 0 aliphatic rings. The van der Waals surface area contributed by atoms with E-state index in [1.807, 2.05) is 0 Å². The highest BCUT2D eigenvalue weighted by molar-refractivity contribution is 6.32. The molecule has 1 amide bonds. The molecule has 0 bridgehead atoms. The maximum Gasteiger partial charge on any atom is 0.262 e. The number of amides is 1. The molecule has 30 heavy (non-hydrogen) atoms. The van der Waals surface area contributed by atoms with Crippen LogP contribution in [0.3, 0.4) is 0 Å². The first-order valence-electron chi connectivity index (χ1n) is 9.03. The number of anilines is 1. The third-order valence-corrected chi connectivity index (χ3v) is 5.23. The van der Waals surface area contributed by atoms with Gasteiger partial charge in [-0.05, 0) is 48.5 Å². The monoisotopic (exact) mass is 438 g/mol. The lowest BCUT2D eigenvalue weighted by Gasteiger charge is -2.13. The highest BCUT2D eigenvalue weighted by Gasteiger charge is 2.16. The smallest absolute Gasteiger partial charge is 0.262 e. The molecule has 0 aliphatic carbocycles. The standard InChI is InChI=1S/C23H16Cl2N2O3/c1-30-21-11-8-15(12-20(21)25)26-22(28)19-13-27(16-9-6-14(24)7-10-16)23(29)18-5-3-2-4-17(18)19/h2-13H,1H3,(H,26,28). The fourth-order valence-corrected chi connectivity index (χ4v) is 3.59. The number of ether oxygens (including phenoxy) is 1. The van der Waals surface area contributed by atoms with Gasteiger partial charge in [0.1, 0.15) is 5.75 Å². The Labute approximate surface area is 182 Å². The van der Waals surface area contributed by atoms with Crippen molar-refractivity contribution in [1.29, 1.82) is 0 Å². The highest BCUT2D eigenvalue weighted by atomic mass is 35.5. The largest absolute Gasteiger partial charge is 0.495 e. The molecule has 7 heteroatoms. The second kappa shape index (κ2) is 8.22. The summed E-state index contributed by atoms with van der Waals surface area (Å²) in [6.07, 6.45) is 1.54. The molecule has 0 spiro atoms. The lowest BCUT2D eigenvalue weighted by atomic mass is 10.1. The first-order valence-corrected chi connectivity index (χ1v) is 9.79. The van der Waals surface area contributed by atoms with E-state index in [0.717, 1.165) is 0 Å². The van der Waals surface area contributed by atoms with E-state index in [4.69, 9.17) is 27.9 Å². The van der Waals surface area contributed by atoms with E-state index < -0.39 is 0 Å². The molecule has 1 N–H and O–H groups in total. The Balaban J connectivity index is 1.82. The van der Waals surface area contributed by atoms with Crippen LogP contribution < -0.4 is 15.6 Å². The number of fused-ring (bicyclic) bond motifs is 1. The Hall–Kier alpha value is -3.28. The molecular formula is C23H16Cl2N2O3. The predicted molar refractivity (Wildman–Crippen MR) is 121 cm³/mol. The Bertz CT molecular complexity index is 1310. The van der Waals surface area contributed by atoms with E-state index in [-0.39, 0.29) is 11.5 Å². The minimum atomic E-state index is -0.366. The topological polar surface area (TPSA) is 60.3 Å². The van der Waals surface area contributed by atoms with Crippen LogP contribution in [0.5, 0.6) is 5.75 Å². The number of carbonyl (C=O) groups excluding carboxylic acids is 1. The summed E-state index contributed by atoms with van der Waals surface area (Å²) in [7, 11) is 1.52. The van der Waals surface area contributed by atoms with Gasteiger partial charge in [0.15, 0.2) is 0 Å². The summed E-state index contributed by atoms with van der Waals surface area (Å²) < 4.78 is 6.58. The predicted octanol–water partition coefficient (Wildman–Crippen LogP) is 5.56. The second-order valence-electron chi connectivity index (χ2n) is 6.54. The fraction of sp³-hybridized carbons (Fsp3) is 0.0435. The maximum absolute atomic E-state index is 13.1. The van der Waals surface area contributed by atoms with E-state index in [0.29, 0.717) is 43.5 Å². The van der Waals surface area contributed by atoms with Crippen LogP contribution in [0.4, 0.5) is 5.69 Å². The van der Waals surface area contributed by atoms with Crippen molar-refractivity contribution >= 4 is 45.6 Å². The molecular weight excluding hydrogens is 423 g/mol. The normalized spacial score (nSPS) is 10.8. The summed E-state index contributed by atoms with van der Waals surface area (Å²) in [5.41, 5.74) is 1.25. The Kier molecular flexibility index (Phi) is 5.48. The Morgan fingerprint density at radius 2 is 1.67 bits per heavy atom. The molecule has 0 aliphatic heterocycles. The maximum atomic E-state index is 13.1. The van der Waals surface area contributed by atoms with Gasteiger partial charge in [-0.3, -0.25) is 14.2 Å². The number of aromatic nitrogens is 1. The summed E-state index contributed by atoms with van der Waals surface area (Å²) in [6.45, 7) is 0. The lowest BCUT2D eigenvalue weighted by Crippen LogP contribution is -2.22. The molecule has 4 aromatic rings. The zero-order valence-corrected chi connectivity index (χ0v) is 17.4. The number of hydrogen-bond donors (Lipinski definition) is 1. The molecule has 150 valence electrons. The number of carbonyl (C=O) groups is 1. The van der Waals surface area contributed by atoms with Crippen molar-refractivity contribution in [2.75, 3.05) is 12.4 Å². The zero-order chi connectivity index (χ0) is 21.3. The quantitative estimate of drug-likeness (QED) is 0.453. The first-order chi connectivity index (χ1) is 14.5. The molecule has 0 fully saturated rings. The van der Waals surface area contributed by atoms with E-state index >= 15 is 0 Å². The van der Waals surface area contributed by atoms with Crippen LogP contribution in [-0.4, -0.2) is 17.6 Å². The summed E-state index contributed by atoms with van der Waals surface area (Å²) in [4.78, 5) is 26.1.